The molecule has 1 saturated heterocycles. The molecule has 2 rings (SSSR count). The second-order valence-corrected chi connectivity index (χ2v) is 2.70. The van der Waals surface area contributed by atoms with Crippen LogP contribution in [0.3, 0.4) is 0 Å². The molecule has 0 aromatic carbocycles. The van der Waals surface area contributed by atoms with E-state index in [0.717, 1.165) is 4.80 Å². The maximum absolute atomic E-state index is 11.6. The SMILES string of the molecule is O=C(N1CCOCC1)n1nccn1. The van der Waals surface area contributed by atoms with Gasteiger partial charge in [-0.1, -0.05) is 4.80 Å². The maximum Gasteiger partial charge on any atom is 0.362 e. The zero-order chi connectivity index (χ0) is 9.10. The minimum Gasteiger partial charge on any atom is -0.378 e. The Morgan fingerprint density at radius 1 is 1.23 bits per heavy atom. The van der Waals surface area contributed by atoms with Crippen molar-refractivity contribution in [1.82, 2.24) is 19.9 Å². The molecule has 6 heteroatoms. The van der Waals surface area contributed by atoms with E-state index in [-0.39, 0.29) is 6.03 Å². The molecule has 0 aliphatic carbocycles. The van der Waals surface area contributed by atoms with Gasteiger partial charge in [0.2, 0.25) is 0 Å². The van der Waals surface area contributed by atoms with Crippen molar-refractivity contribution in [3.8, 4) is 0 Å². The van der Waals surface area contributed by atoms with E-state index >= 15 is 0 Å². The fourth-order valence-electron chi connectivity index (χ4n) is 1.20. The van der Waals surface area contributed by atoms with Gasteiger partial charge >= 0.3 is 6.03 Å². The molecule has 0 unspecified atom stereocenters. The molecular weight excluding hydrogens is 172 g/mol. The molecule has 13 heavy (non-hydrogen) atoms. The Morgan fingerprint density at radius 3 is 2.46 bits per heavy atom. The predicted molar refractivity (Wildman–Crippen MR) is 43.2 cm³/mol. The van der Waals surface area contributed by atoms with E-state index in [1.54, 1.807) is 4.90 Å². The molecule has 0 atom stereocenters. The largest absolute Gasteiger partial charge is 0.378 e. The van der Waals surface area contributed by atoms with Gasteiger partial charge in [-0.3, -0.25) is 0 Å². The summed E-state index contributed by atoms with van der Waals surface area (Å²) in [6.45, 7) is 2.40. The Balaban J connectivity index is 2.04. The third-order valence-corrected chi connectivity index (χ3v) is 1.87. The summed E-state index contributed by atoms with van der Waals surface area (Å²) < 4.78 is 5.12. The first kappa shape index (κ1) is 8.18. The van der Waals surface area contributed by atoms with Gasteiger partial charge in [0, 0.05) is 13.1 Å². The first-order valence-electron chi connectivity index (χ1n) is 4.11. The van der Waals surface area contributed by atoms with Crippen LogP contribution in [0, 0.1) is 0 Å². The van der Waals surface area contributed by atoms with Crippen LogP contribution in [-0.4, -0.2) is 52.2 Å². The lowest BCUT2D eigenvalue weighted by atomic mass is 10.4. The number of ether oxygens (including phenoxy) is 1. The zero-order valence-corrected chi connectivity index (χ0v) is 7.09. The van der Waals surface area contributed by atoms with Gasteiger partial charge in [0.25, 0.3) is 0 Å². The molecule has 6 nitrogen and oxygen atoms in total. The summed E-state index contributed by atoms with van der Waals surface area (Å²) in [5.41, 5.74) is 0. The van der Waals surface area contributed by atoms with Crippen molar-refractivity contribution in [3.63, 3.8) is 0 Å². The van der Waals surface area contributed by atoms with Crippen molar-refractivity contribution in [3.05, 3.63) is 12.4 Å². The molecular formula is C7H10N4O2. The topological polar surface area (TPSA) is 60.2 Å². The summed E-state index contributed by atoms with van der Waals surface area (Å²) in [5.74, 6) is 0. The number of hydrogen-bond acceptors (Lipinski definition) is 4. The number of hydrogen-bond donors (Lipinski definition) is 0. The van der Waals surface area contributed by atoms with Crippen molar-refractivity contribution in [2.45, 2.75) is 0 Å². The van der Waals surface area contributed by atoms with Gasteiger partial charge in [-0.05, 0) is 0 Å². The predicted octanol–water partition coefficient (Wildman–Crippen LogP) is -0.422. The van der Waals surface area contributed by atoms with Crippen molar-refractivity contribution >= 4 is 6.03 Å². The molecule has 0 radical (unpaired) electrons. The van der Waals surface area contributed by atoms with E-state index < -0.39 is 0 Å². The molecule has 1 fully saturated rings. The highest BCUT2D eigenvalue weighted by molar-refractivity contribution is 5.74. The average molecular weight is 182 g/mol. The molecule has 1 aliphatic heterocycles. The Labute approximate surface area is 75.1 Å². The number of nitrogens with zero attached hydrogens (tertiary/aromatic N) is 4. The second kappa shape index (κ2) is 3.53. The van der Waals surface area contributed by atoms with Gasteiger partial charge in [0.05, 0.1) is 25.6 Å². The van der Waals surface area contributed by atoms with Crippen molar-refractivity contribution in [2.24, 2.45) is 0 Å². The molecule has 0 N–H and O–H groups in total. The van der Waals surface area contributed by atoms with Crippen LogP contribution in [0.1, 0.15) is 0 Å². The van der Waals surface area contributed by atoms with Gasteiger partial charge in [0.1, 0.15) is 0 Å². The molecule has 2 heterocycles. The van der Waals surface area contributed by atoms with Crippen LogP contribution in [0.15, 0.2) is 12.4 Å². The third-order valence-electron chi connectivity index (χ3n) is 1.87. The van der Waals surface area contributed by atoms with Crippen LogP contribution in [0.5, 0.6) is 0 Å². The third kappa shape index (κ3) is 1.67. The van der Waals surface area contributed by atoms with E-state index in [2.05, 4.69) is 10.2 Å². The molecule has 1 aromatic heterocycles. The summed E-state index contributed by atoms with van der Waals surface area (Å²) in [5, 5.41) is 7.53. The summed E-state index contributed by atoms with van der Waals surface area (Å²) >= 11 is 0. The number of rotatable bonds is 0. The van der Waals surface area contributed by atoms with Crippen LogP contribution < -0.4 is 0 Å². The number of carbonyl (C=O) groups excluding carboxylic acids is 1. The van der Waals surface area contributed by atoms with Crippen LogP contribution in [0.2, 0.25) is 0 Å². The van der Waals surface area contributed by atoms with Crippen LogP contribution in [0.4, 0.5) is 4.79 Å². The molecule has 0 bridgehead atoms. The molecule has 0 saturated carbocycles. The van der Waals surface area contributed by atoms with Crippen LogP contribution in [0.25, 0.3) is 0 Å². The quantitative estimate of drug-likeness (QED) is 0.546. The summed E-state index contributed by atoms with van der Waals surface area (Å²) in [7, 11) is 0. The maximum atomic E-state index is 11.6. The Morgan fingerprint density at radius 2 is 1.85 bits per heavy atom. The van der Waals surface area contributed by atoms with E-state index in [9.17, 15) is 4.79 Å². The number of carbonyl (C=O) groups is 1. The molecule has 1 aromatic rings. The smallest absolute Gasteiger partial charge is 0.362 e. The normalized spacial score (nSPS) is 17.4. The fraction of sp³-hybridized carbons (Fsp3) is 0.571. The summed E-state index contributed by atoms with van der Waals surface area (Å²) in [6.07, 6.45) is 2.97. The van der Waals surface area contributed by atoms with Gasteiger partial charge in [0.15, 0.2) is 0 Å². The van der Waals surface area contributed by atoms with Gasteiger partial charge in [-0.2, -0.15) is 10.2 Å². The molecule has 0 spiro atoms. The van der Waals surface area contributed by atoms with Gasteiger partial charge in [-0.15, -0.1) is 0 Å². The minimum absolute atomic E-state index is 0.187. The van der Waals surface area contributed by atoms with Crippen LogP contribution >= 0.6 is 0 Å². The number of morpholine rings is 1. The lowest BCUT2D eigenvalue weighted by molar-refractivity contribution is 0.0520. The Bertz CT molecular complexity index is 279. The molecule has 1 aliphatic rings. The van der Waals surface area contributed by atoms with E-state index in [4.69, 9.17) is 4.74 Å². The second-order valence-electron chi connectivity index (χ2n) is 2.70. The summed E-state index contributed by atoms with van der Waals surface area (Å²) in [4.78, 5) is 14.3. The minimum atomic E-state index is -0.187. The Hall–Kier alpha value is -1.43. The van der Waals surface area contributed by atoms with Crippen molar-refractivity contribution in [2.75, 3.05) is 26.3 Å². The van der Waals surface area contributed by atoms with Gasteiger partial charge < -0.3 is 9.64 Å². The number of aromatic nitrogens is 3. The van der Waals surface area contributed by atoms with E-state index in [1.165, 1.54) is 12.4 Å². The first-order chi connectivity index (χ1) is 6.38. The molecule has 70 valence electrons. The van der Waals surface area contributed by atoms with E-state index in [1.807, 2.05) is 0 Å². The lowest BCUT2D eigenvalue weighted by Crippen LogP contribution is -2.43. The van der Waals surface area contributed by atoms with E-state index in [0.29, 0.717) is 26.3 Å². The molecule has 1 amide bonds. The van der Waals surface area contributed by atoms with Crippen molar-refractivity contribution in [1.29, 1.82) is 0 Å². The highest BCUT2D eigenvalue weighted by Gasteiger charge is 2.18. The van der Waals surface area contributed by atoms with Crippen molar-refractivity contribution < 1.29 is 9.53 Å². The number of amides is 1. The lowest BCUT2D eigenvalue weighted by Gasteiger charge is -2.25. The van der Waals surface area contributed by atoms with Crippen LogP contribution in [-0.2, 0) is 4.74 Å². The average Bonchev–Trinajstić information content (AvgIpc) is 2.71. The Kier molecular flexibility index (Phi) is 2.22. The monoisotopic (exact) mass is 182 g/mol. The highest BCUT2D eigenvalue weighted by Crippen LogP contribution is 1.98. The first-order valence-corrected chi connectivity index (χ1v) is 4.11. The standard InChI is InChI=1S/C7H10N4O2/c12-7(11-8-1-2-9-11)10-3-5-13-6-4-10/h1-2H,3-6H2. The highest BCUT2D eigenvalue weighted by atomic mass is 16.5. The fourth-order valence-corrected chi connectivity index (χ4v) is 1.20. The van der Waals surface area contributed by atoms with Gasteiger partial charge in [-0.25, -0.2) is 4.79 Å². The summed E-state index contributed by atoms with van der Waals surface area (Å²) in [6, 6.07) is -0.187. The zero-order valence-electron chi connectivity index (χ0n) is 7.09.